The van der Waals surface area contributed by atoms with Crippen LogP contribution in [0.15, 0.2) is 67.0 Å². The van der Waals surface area contributed by atoms with E-state index in [0.29, 0.717) is 28.4 Å². The molecule has 0 saturated heterocycles. The van der Waals surface area contributed by atoms with Crippen molar-refractivity contribution >= 4 is 12.1 Å². The summed E-state index contributed by atoms with van der Waals surface area (Å²) < 4.78 is 30.7. The van der Waals surface area contributed by atoms with E-state index in [4.69, 9.17) is 19.2 Å². The second kappa shape index (κ2) is 13.0. The Hall–Kier alpha value is -4.80. The van der Waals surface area contributed by atoms with Crippen molar-refractivity contribution in [2.45, 2.75) is 52.2 Å². The molecule has 0 bridgehead atoms. The molecule has 10 nitrogen and oxygen atoms in total. The average Bonchev–Trinajstić information content (AvgIpc) is 3.45. The summed E-state index contributed by atoms with van der Waals surface area (Å²) >= 11 is 0. The first-order valence-electron chi connectivity index (χ1n) is 13.1. The lowest BCUT2D eigenvalue weighted by atomic mass is 10.1. The molecule has 0 aliphatic rings. The Morgan fingerprint density at radius 3 is 2.51 bits per heavy atom. The zero-order valence-electron chi connectivity index (χ0n) is 23.3. The molecule has 4 aromatic rings. The molecular formula is C30H32FN5O5. The first-order valence-corrected chi connectivity index (χ1v) is 13.1. The van der Waals surface area contributed by atoms with E-state index in [9.17, 15) is 14.0 Å². The number of esters is 1. The number of nitrogens with one attached hydrogen (secondary N) is 2. The van der Waals surface area contributed by atoms with Crippen molar-refractivity contribution in [3.63, 3.8) is 0 Å². The van der Waals surface area contributed by atoms with Crippen molar-refractivity contribution in [2.75, 3.05) is 6.61 Å². The van der Waals surface area contributed by atoms with Crippen LogP contribution in [0.5, 0.6) is 11.6 Å². The van der Waals surface area contributed by atoms with Crippen molar-refractivity contribution in [3.8, 4) is 34.1 Å². The third-order valence-corrected chi connectivity index (χ3v) is 5.69. The molecule has 3 heterocycles. The predicted molar refractivity (Wildman–Crippen MR) is 150 cm³/mol. The molecule has 0 fully saturated rings. The fourth-order valence-corrected chi connectivity index (χ4v) is 3.95. The van der Waals surface area contributed by atoms with Gasteiger partial charge in [-0.3, -0.25) is 14.9 Å². The summed E-state index contributed by atoms with van der Waals surface area (Å²) in [5.74, 6) is -0.775. The van der Waals surface area contributed by atoms with Gasteiger partial charge >= 0.3 is 12.1 Å². The summed E-state index contributed by atoms with van der Waals surface area (Å²) in [7, 11) is 0. The number of carbonyl (C=O) groups is 2. The van der Waals surface area contributed by atoms with E-state index in [-0.39, 0.29) is 25.3 Å². The molecule has 1 aromatic carbocycles. The standard InChI is InChI=1S/C30H32FN5O5/c1-5-39-27(37)17-22(35-29(38)41-30(2,3)4)16-21-7-6-8-25(34-21)19-9-11-23(12-10-19)40-28-24(31)15-20(18-32-28)26-13-14-33-36-26/h6-15,18,22H,5,16-17H2,1-4H3,(H,33,36)(H,35,38). The van der Waals surface area contributed by atoms with Crippen LogP contribution in [0.2, 0.25) is 0 Å². The predicted octanol–water partition coefficient (Wildman–Crippen LogP) is 5.85. The summed E-state index contributed by atoms with van der Waals surface area (Å²) in [6.07, 6.45) is 2.71. The Bertz CT molecular complexity index is 1470. The summed E-state index contributed by atoms with van der Waals surface area (Å²) in [6, 6.07) is 15.0. The van der Waals surface area contributed by atoms with Crippen LogP contribution in [0.1, 0.15) is 39.8 Å². The van der Waals surface area contributed by atoms with Crippen molar-refractivity contribution in [2.24, 2.45) is 0 Å². The van der Waals surface area contributed by atoms with Gasteiger partial charge in [0.2, 0.25) is 0 Å². The van der Waals surface area contributed by atoms with E-state index in [1.54, 1.807) is 64.2 Å². The number of rotatable bonds is 10. The van der Waals surface area contributed by atoms with Crippen LogP contribution in [0, 0.1) is 5.82 Å². The number of hydrogen-bond donors (Lipinski definition) is 2. The van der Waals surface area contributed by atoms with Crippen molar-refractivity contribution in [1.29, 1.82) is 0 Å². The largest absolute Gasteiger partial charge is 0.466 e. The fraction of sp³-hybridized carbons (Fsp3) is 0.300. The van der Waals surface area contributed by atoms with Crippen LogP contribution in [-0.4, -0.2) is 50.5 Å². The summed E-state index contributed by atoms with van der Waals surface area (Å²) in [4.78, 5) is 33.4. The van der Waals surface area contributed by atoms with Gasteiger partial charge < -0.3 is 19.5 Å². The number of nitrogens with zero attached hydrogens (tertiary/aromatic N) is 3. The highest BCUT2D eigenvalue weighted by molar-refractivity contribution is 5.73. The van der Waals surface area contributed by atoms with Crippen LogP contribution in [-0.2, 0) is 20.7 Å². The molecule has 41 heavy (non-hydrogen) atoms. The first-order chi connectivity index (χ1) is 19.6. The van der Waals surface area contributed by atoms with E-state index in [2.05, 4.69) is 20.5 Å². The fourth-order valence-electron chi connectivity index (χ4n) is 3.95. The van der Waals surface area contributed by atoms with Crippen molar-refractivity contribution in [3.05, 3.63) is 78.5 Å². The molecule has 214 valence electrons. The monoisotopic (exact) mass is 561 g/mol. The quantitative estimate of drug-likeness (QED) is 0.231. The number of amides is 1. The highest BCUT2D eigenvalue weighted by atomic mass is 19.1. The van der Waals surface area contributed by atoms with Crippen LogP contribution < -0.4 is 10.1 Å². The van der Waals surface area contributed by atoms with Gasteiger partial charge in [-0.15, -0.1) is 0 Å². The number of hydrogen-bond acceptors (Lipinski definition) is 8. The molecule has 4 rings (SSSR count). The molecule has 1 amide bonds. The summed E-state index contributed by atoms with van der Waals surface area (Å²) in [5, 5.41) is 9.38. The zero-order valence-corrected chi connectivity index (χ0v) is 23.3. The highest BCUT2D eigenvalue weighted by Crippen LogP contribution is 2.28. The molecule has 1 atom stereocenters. The van der Waals surface area contributed by atoms with E-state index < -0.39 is 29.5 Å². The maximum atomic E-state index is 14.6. The van der Waals surface area contributed by atoms with Crippen molar-refractivity contribution < 1.29 is 28.2 Å². The molecular weight excluding hydrogens is 529 g/mol. The minimum absolute atomic E-state index is 0.0293. The summed E-state index contributed by atoms with van der Waals surface area (Å²) in [5.41, 5.74) is 2.66. The second-order valence-corrected chi connectivity index (χ2v) is 10.2. The molecule has 0 aliphatic carbocycles. The topological polar surface area (TPSA) is 128 Å². The number of aromatic nitrogens is 4. The van der Waals surface area contributed by atoms with Gasteiger partial charge in [-0.25, -0.2) is 14.2 Å². The lowest BCUT2D eigenvalue weighted by Gasteiger charge is -2.23. The van der Waals surface area contributed by atoms with Crippen LogP contribution in [0.3, 0.4) is 0 Å². The third kappa shape index (κ3) is 8.59. The Morgan fingerprint density at radius 1 is 1.07 bits per heavy atom. The van der Waals surface area contributed by atoms with Gasteiger partial charge in [0, 0.05) is 41.7 Å². The first kappa shape index (κ1) is 29.2. The Kier molecular flexibility index (Phi) is 9.28. The van der Waals surface area contributed by atoms with Gasteiger partial charge in [-0.05, 0) is 76.2 Å². The van der Waals surface area contributed by atoms with E-state index >= 15 is 0 Å². The lowest BCUT2D eigenvalue weighted by molar-refractivity contribution is -0.143. The van der Waals surface area contributed by atoms with Crippen LogP contribution in [0.25, 0.3) is 22.5 Å². The molecule has 1 unspecified atom stereocenters. The van der Waals surface area contributed by atoms with E-state index in [1.165, 1.54) is 12.3 Å². The van der Waals surface area contributed by atoms with Gasteiger partial charge in [-0.1, -0.05) is 6.07 Å². The molecule has 0 spiro atoms. The molecule has 2 N–H and O–H groups in total. The molecule has 11 heteroatoms. The number of carbonyl (C=O) groups excluding carboxylic acids is 2. The Balaban J connectivity index is 1.45. The van der Waals surface area contributed by atoms with E-state index in [0.717, 1.165) is 5.56 Å². The number of H-pyrrole nitrogens is 1. The maximum absolute atomic E-state index is 14.6. The van der Waals surface area contributed by atoms with Gasteiger partial charge in [-0.2, -0.15) is 5.10 Å². The lowest BCUT2D eigenvalue weighted by Crippen LogP contribution is -2.41. The normalized spacial score (nSPS) is 11.9. The zero-order chi connectivity index (χ0) is 29.4. The van der Waals surface area contributed by atoms with Gasteiger partial charge in [0.1, 0.15) is 11.4 Å². The Morgan fingerprint density at radius 2 is 1.85 bits per heavy atom. The van der Waals surface area contributed by atoms with Gasteiger partial charge in [0.15, 0.2) is 5.82 Å². The number of halogens is 1. The van der Waals surface area contributed by atoms with E-state index in [1.807, 2.05) is 18.2 Å². The molecule has 0 radical (unpaired) electrons. The van der Waals surface area contributed by atoms with Crippen molar-refractivity contribution in [1.82, 2.24) is 25.5 Å². The second-order valence-electron chi connectivity index (χ2n) is 10.2. The average molecular weight is 562 g/mol. The SMILES string of the molecule is CCOC(=O)CC(Cc1cccc(-c2ccc(Oc3ncc(-c4ccn[nH]4)cc3F)cc2)n1)NC(=O)OC(C)(C)C. The maximum Gasteiger partial charge on any atom is 0.407 e. The third-order valence-electron chi connectivity index (χ3n) is 5.69. The molecule has 0 saturated carbocycles. The highest BCUT2D eigenvalue weighted by Gasteiger charge is 2.23. The number of benzene rings is 1. The summed E-state index contributed by atoms with van der Waals surface area (Å²) in [6.45, 7) is 7.25. The number of ether oxygens (including phenoxy) is 3. The molecule has 0 aliphatic heterocycles. The molecule has 3 aromatic heterocycles. The van der Waals surface area contributed by atoms with Crippen LogP contribution in [0.4, 0.5) is 9.18 Å². The number of alkyl carbamates (subject to hydrolysis) is 1. The van der Waals surface area contributed by atoms with Crippen LogP contribution >= 0.6 is 0 Å². The minimum Gasteiger partial charge on any atom is -0.466 e. The minimum atomic E-state index is -0.682. The number of aromatic amines is 1. The smallest absolute Gasteiger partial charge is 0.407 e. The van der Waals surface area contributed by atoms with Gasteiger partial charge in [0.05, 0.1) is 24.4 Å². The van der Waals surface area contributed by atoms with Gasteiger partial charge in [0.25, 0.3) is 5.88 Å². The number of pyridine rings is 2. The Labute approximate surface area is 237 Å².